The average molecular weight is 168 g/mol. The van der Waals surface area contributed by atoms with Gasteiger partial charge < -0.3 is 9.47 Å². The van der Waals surface area contributed by atoms with Gasteiger partial charge >= 0.3 is 0 Å². The maximum Gasteiger partial charge on any atom is 0.0943 e. The van der Waals surface area contributed by atoms with Crippen LogP contribution in [0.4, 0.5) is 0 Å². The van der Waals surface area contributed by atoms with E-state index in [1.54, 1.807) is 20.4 Å². The van der Waals surface area contributed by atoms with E-state index in [9.17, 15) is 0 Å². The molecule has 0 spiro atoms. The number of methoxy groups -OCH3 is 2. The molecule has 0 aliphatic carbocycles. The minimum absolute atomic E-state index is 0.479. The lowest BCUT2D eigenvalue weighted by Crippen LogP contribution is -2.01. The van der Waals surface area contributed by atoms with E-state index < -0.39 is 0 Å². The Bertz CT molecular complexity index is 215. The number of aromatic nitrogens is 2. The lowest BCUT2D eigenvalue weighted by molar-refractivity contribution is 0.164. The Hall–Kier alpha value is -1.00. The summed E-state index contributed by atoms with van der Waals surface area (Å²) in [5.74, 6) is 0. The second-order valence-electron chi connectivity index (χ2n) is 2.37. The molecule has 0 saturated carbocycles. The fraction of sp³-hybridized carbons (Fsp3) is 0.500. The zero-order chi connectivity index (χ0) is 8.81. The predicted octanol–water partition coefficient (Wildman–Crippen LogP) is 0.769. The van der Waals surface area contributed by atoms with Gasteiger partial charge in [-0.1, -0.05) is 0 Å². The van der Waals surface area contributed by atoms with E-state index in [1.165, 1.54) is 0 Å². The van der Waals surface area contributed by atoms with E-state index in [0.717, 1.165) is 11.3 Å². The molecule has 1 aromatic rings. The minimum atomic E-state index is 0.479. The highest BCUT2D eigenvalue weighted by Gasteiger charge is 2.02. The van der Waals surface area contributed by atoms with Crippen LogP contribution in [0.1, 0.15) is 11.3 Å². The second-order valence-corrected chi connectivity index (χ2v) is 2.37. The molecule has 66 valence electrons. The Balaban J connectivity index is 2.77. The van der Waals surface area contributed by atoms with Gasteiger partial charge in [-0.3, -0.25) is 0 Å². The molecule has 0 atom stereocenters. The monoisotopic (exact) mass is 168 g/mol. The molecule has 4 heteroatoms. The van der Waals surface area contributed by atoms with Crippen molar-refractivity contribution in [3.63, 3.8) is 0 Å². The van der Waals surface area contributed by atoms with Crippen molar-refractivity contribution in [1.29, 1.82) is 0 Å². The van der Waals surface area contributed by atoms with Crippen LogP contribution in [0.25, 0.3) is 0 Å². The summed E-state index contributed by atoms with van der Waals surface area (Å²) in [4.78, 5) is 0. The van der Waals surface area contributed by atoms with Gasteiger partial charge in [0.1, 0.15) is 0 Å². The van der Waals surface area contributed by atoms with Crippen molar-refractivity contribution in [2.45, 2.75) is 13.2 Å². The van der Waals surface area contributed by atoms with Crippen LogP contribution in [0, 0.1) is 0 Å². The molecule has 0 aliphatic rings. The molecular weight excluding hydrogens is 156 g/mol. The maximum atomic E-state index is 4.99. The van der Waals surface area contributed by atoms with Gasteiger partial charge in [0.2, 0.25) is 0 Å². The van der Waals surface area contributed by atoms with Crippen LogP contribution in [-0.4, -0.2) is 24.4 Å². The predicted molar refractivity (Wildman–Crippen MR) is 43.5 cm³/mol. The van der Waals surface area contributed by atoms with Crippen molar-refractivity contribution in [3.8, 4) is 0 Å². The standard InChI is InChI=1S/C8H12N2O2/c1-11-5-7-3-4-9-10-8(7)6-12-2/h3-4H,5-6H2,1-2H3. The summed E-state index contributed by atoms with van der Waals surface area (Å²) >= 11 is 0. The normalized spacial score (nSPS) is 10.2. The molecule has 0 unspecified atom stereocenters. The molecule has 1 rings (SSSR count). The van der Waals surface area contributed by atoms with Crippen molar-refractivity contribution in [2.24, 2.45) is 0 Å². The van der Waals surface area contributed by atoms with Crippen LogP contribution in [-0.2, 0) is 22.7 Å². The molecule has 1 heterocycles. The first-order valence-electron chi connectivity index (χ1n) is 3.65. The maximum absolute atomic E-state index is 4.99. The van der Waals surface area contributed by atoms with Gasteiger partial charge in [-0.05, 0) is 6.07 Å². The van der Waals surface area contributed by atoms with Crippen LogP contribution in [0.5, 0.6) is 0 Å². The largest absolute Gasteiger partial charge is 0.380 e. The van der Waals surface area contributed by atoms with E-state index in [2.05, 4.69) is 10.2 Å². The van der Waals surface area contributed by atoms with E-state index in [4.69, 9.17) is 9.47 Å². The van der Waals surface area contributed by atoms with E-state index in [-0.39, 0.29) is 0 Å². The fourth-order valence-electron chi connectivity index (χ4n) is 0.932. The molecule has 0 N–H and O–H groups in total. The molecule has 0 saturated heterocycles. The highest BCUT2D eigenvalue weighted by molar-refractivity contribution is 5.15. The van der Waals surface area contributed by atoms with Crippen molar-refractivity contribution >= 4 is 0 Å². The Kier molecular flexibility index (Phi) is 3.63. The molecule has 0 aliphatic heterocycles. The van der Waals surface area contributed by atoms with Gasteiger partial charge in [0.05, 0.1) is 18.9 Å². The molecule has 0 radical (unpaired) electrons. The minimum Gasteiger partial charge on any atom is -0.380 e. The van der Waals surface area contributed by atoms with Gasteiger partial charge in [0.15, 0.2) is 0 Å². The van der Waals surface area contributed by atoms with Gasteiger partial charge in [-0.15, -0.1) is 0 Å². The topological polar surface area (TPSA) is 44.2 Å². The van der Waals surface area contributed by atoms with Gasteiger partial charge in [0, 0.05) is 26.0 Å². The summed E-state index contributed by atoms with van der Waals surface area (Å²) in [6, 6.07) is 1.88. The molecule has 0 fully saturated rings. The number of hydrogen-bond donors (Lipinski definition) is 0. The lowest BCUT2D eigenvalue weighted by Gasteiger charge is -2.04. The van der Waals surface area contributed by atoms with Gasteiger partial charge in [0.25, 0.3) is 0 Å². The number of rotatable bonds is 4. The van der Waals surface area contributed by atoms with E-state index in [0.29, 0.717) is 13.2 Å². The molecule has 0 amide bonds. The van der Waals surface area contributed by atoms with Crippen molar-refractivity contribution in [3.05, 3.63) is 23.5 Å². The smallest absolute Gasteiger partial charge is 0.0943 e. The molecule has 4 nitrogen and oxygen atoms in total. The number of nitrogens with zero attached hydrogens (tertiary/aromatic N) is 2. The van der Waals surface area contributed by atoms with Crippen molar-refractivity contribution < 1.29 is 9.47 Å². The summed E-state index contributed by atoms with van der Waals surface area (Å²) in [6.07, 6.45) is 1.65. The van der Waals surface area contributed by atoms with E-state index in [1.807, 2.05) is 6.07 Å². The first-order chi connectivity index (χ1) is 5.88. The summed E-state index contributed by atoms with van der Waals surface area (Å²) in [6.45, 7) is 1.03. The zero-order valence-corrected chi connectivity index (χ0v) is 7.28. The van der Waals surface area contributed by atoms with Gasteiger partial charge in [-0.25, -0.2) is 0 Å². The highest BCUT2D eigenvalue weighted by atomic mass is 16.5. The summed E-state index contributed by atoms with van der Waals surface area (Å²) in [5.41, 5.74) is 1.86. The Morgan fingerprint density at radius 3 is 2.67 bits per heavy atom. The Morgan fingerprint density at radius 2 is 2.00 bits per heavy atom. The molecule has 1 aromatic heterocycles. The Labute approximate surface area is 71.5 Å². The van der Waals surface area contributed by atoms with E-state index >= 15 is 0 Å². The summed E-state index contributed by atoms with van der Waals surface area (Å²) in [7, 11) is 3.28. The van der Waals surface area contributed by atoms with Crippen LogP contribution in [0.15, 0.2) is 12.3 Å². The fourth-order valence-corrected chi connectivity index (χ4v) is 0.932. The lowest BCUT2D eigenvalue weighted by atomic mass is 10.2. The van der Waals surface area contributed by atoms with Crippen molar-refractivity contribution in [1.82, 2.24) is 10.2 Å². The third-order valence-electron chi connectivity index (χ3n) is 1.47. The molecular formula is C8H12N2O2. The number of hydrogen-bond acceptors (Lipinski definition) is 4. The zero-order valence-electron chi connectivity index (χ0n) is 7.28. The second kappa shape index (κ2) is 4.79. The van der Waals surface area contributed by atoms with Crippen LogP contribution in [0.2, 0.25) is 0 Å². The summed E-state index contributed by atoms with van der Waals surface area (Å²) in [5, 5.41) is 7.69. The Morgan fingerprint density at radius 1 is 1.25 bits per heavy atom. The SMILES string of the molecule is COCc1ccnnc1COC. The van der Waals surface area contributed by atoms with Crippen LogP contribution < -0.4 is 0 Å². The van der Waals surface area contributed by atoms with Gasteiger partial charge in [-0.2, -0.15) is 10.2 Å². The number of ether oxygens (including phenoxy) is 2. The quantitative estimate of drug-likeness (QED) is 0.666. The molecule has 0 bridgehead atoms. The third kappa shape index (κ3) is 2.25. The first kappa shape index (κ1) is 9.09. The van der Waals surface area contributed by atoms with Crippen LogP contribution >= 0.6 is 0 Å². The first-order valence-corrected chi connectivity index (χ1v) is 3.65. The molecule has 0 aromatic carbocycles. The average Bonchev–Trinajstić information content (AvgIpc) is 2.09. The van der Waals surface area contributed by atoms with Crippen LogP contribution in [0.3, 0.4) is 0 Å². The highest BCUT2D eigenvalue weighted by Crippen LogP contribution is 2.05. The molecule has 12 heavy (non-hydrogen) atoms. The van der Waals surface area contributed by atoms with Crippen molar-refractivity contribution in [2.75, 3.05) is 14.2 Å². The summed E-state index contributed by atoms with van der Waals surface area (Å²) < 4.78 is 9.95. The third-order valence-corrected chi connectivity index (χ3v) is 1.47.